The summed E-state index contributed by atoms with van der Waals surface area (Å²) in [7, 11) is 0. The van der Waals surface area contributed by atoms with Crippen molar-refractivity contribution in [2.45, 2.75) is 12.5 Å². The highest BCUT2D eigenvalue weighted by atomic mass is 19.1. The third kappa shape index (κ3) is 2.48. The van der Waals surface area contributed by atoms with E-state index in [1.807, 2.05) is 0 Å². The van der Waals surface area contributed by atoms with Crippen LogP contribution in [0.3, 0.4) is 0 Å². The van der Waals surface area contributed by atoms with E-state index < -0.39 is 0 Å². The fraction of sp³-hybridized carbons (Fsp3) is 0.200. The number of hydrogen-bond donors (Lipinski definition) is 2. The van der Waals surface area contributed by atoms with Gasteiger partial charge in [-0.05, 0) is 30.7 Å². The van der Waals surface area contributed by atoms with Gasteiger partial charge in [0.2, 0.25) is 5.91 Å². The average Bonchev–Trinajstić information content (AvgIpc) is 3.14. The van der Waals surface area contributed by atoms with Gasteiger partial charge in [0, 0.05) is 12.1 Å². The van der Waals surface area contributed by atoms with Gasteiger partial charge in [-0.25, -0.2) is 4.39 Å². The van der Waals surface area contributed by atoms with Crippen molar-refractivity contribution in [2.75, 3.05) is 11.9 Å². The van der Waals surface area contributed by atoms with E-state index in [4.69, 9.17) is 0 Å². The van der Waals surface area contributed by atoms with Gasteiger partial charge in [0.05, 0.1) is 0 Å². The molecule has 7 nitrogen and oxygen atoms in total. The van der Waals surface area contributed by atoms with Gasteiger partial charge in [0.15, 0.2) is 11.5 Å². The first-order valence-corrected chi connectivity index (χ1v) is 7.23. The van der Waals surface area contributed by atoms with Gasteiger partial charge in [-0.15, -0.1) is 15.3 Å². The number of nitrogens with zero attached hydrogens (tertiary/aromatic N) is 4. The maximum Gasteiger partial charge on any atom is 0.242 e. The number of carbonyl (C=O) groups excluding carboxylic acids is 1. The van der Waals surface area contributed by atoms with E-state index in [0.29, 0.717) is 35.8 Å². The van der Waals surface area contributed by atoms with E-state index in [1.54, 1.807) is 24.3 Å². The van der Waals surface area contributed by atoms with Gasteiger partial charge in [0.25, 0.3) is 0 Å². The molecule has 1 aliphatic heterocycles. The van der Waals surface area contributed by atoms with Crippen molar-refractivity contribution < 1.29 is 9.18 Å². The van der Waals surface area contributed by atoms with E-state index in [0.717, 1.165) is 0 Å². The summed E-state index contributed by atoms with van der Waals surface area (Å²) in [5.41, 5.74) is 1.13. The Balaban J connectivity index is 1.73. The Bertz CT molecular complexity index is 893. The summed E-state index contributed by atoms with van der Waals surface area (Å²) in [6.45, 7) is 0.653. The highest BCUT2D eigenvalue weighted by molar-refractivity contribution is 5.86. The van der Waals surface area contributed by atoms with Crippen LogP contribution in [0.4, 0.5) is 10.2 Å². The van der Waals surface area contributed by atoms with Gasteiger partial charge >= 0.3 is 0 Å². The number of benzene rings is 1. The lowest BCUT2D eigenvalue weighted by atomic mass is 10.2. The Kier molecular flexibility index (Phi) is 3.14. The first-order valence-electron chi connectivity index (χ1n) is 7.23. The molecule has 116 valence electrons. The normalized spacial score (nSPS) is 17.4. The molecule has 1 unspecified atom stereocenters. The minimum absolute atomic E-state index is 0.0407. The predicted molar refractivity (Wildman–Crippen MR) is 81.2 cm³/mol. The topological polar surface area (TPSA) is 84.2 Å². The zero-order valence-electron chi connectivity index (χ0n) is 12.0. The van der Waals surface area contributed by atoms with Gasteiger partial charge in [0.1, 0.15) is 17.7 Å². The Hall–Kier alpha value is -3.03. The zero-order chi connectivity index (χ0) is 15.8. The number of anilines is 1. The SMILES string of the molecule is O=C1NCCC1Nc1ccc2nnc(-c3cccc(F)c3)n2n1. The fourth-order valence-corrected chi connectivity index (χ4v) is 2.58. The van der Waals surface area contributed by atoms with Crippen LogP contribution >= 0.6 is 0 Å². The predicted octanol–water partition coefficient (Wildman–Crippen LogP) is 1.23. The maximum atomic E-state index is 13.4. The largest absolute Gasteiger partial charge is 0.357 e. The van der Waals surface area contributed by atoms with Crippen molar-refractivity contribution in [2.24, 2.45) is 0 Å². The Morgan fingerprint density at radius 3 is 2.96 bits per heavy atom. The maximum absolute atomic E-state index is 13.4. The molecule has 2 aromatic heterocycles. The molecule has 1 saturated heterocycles. The number of halogens is 1. The number of fused-ring (bicyclic) bond motifs is 1. The second-order valence-electron chi connectivity index (χ2n) is 5.30. The van der Waals surface area contributed by atoms with Crippen LogP contribution in [0.5, 0.6) is 0 Å². The van der Waals surface area contributed by atoms with E-state index >= 15 is 0 Å². The monoisotopic (exact) mass is 312 g/mol. The quantitative estimate of drug-likeness (QED) is 0.760. The Morgan fingerprint density at radius 2 is 2.17 bits per heavy atom. The van der Waals surface area contributed by atoms with Crippen molar-refractivity contribution in [1.29, 1.82) is 0 Å². The Labute approximate surface area is 130 Å². The summed E-state index contributed by atoms with van der Waals surface area (Å²) in [6, 6.07) is 9.29. The fourth-order valence-electron chi connectivity index (χ4n) is 2.58. The standard InChI is InChI=1S/C15H13FN6O/c16-10-3-1-2-9(8-10)14-20-19-13-5-4-12(21-22(13)14)18-11-6-7-17-15(11)23/h1-5,8,11H,6-7H2,(H,17,23)(H,18,21). The smallest absolute Gasteiger partial charge is 0.242 e. The molecule has 1 aliphatic rings. The Morgan fingerprint density at radius 1 is 1.26 bits per heavy atom. The van der Waals surface area contributed by atoms with Crippen molar-refractivity contribution in [1.82, 2.24) is 25.1 Å². The third-order valence-corrected chi connectivity index (χ3v) is 3.72. The van der Waals surface area contributed by atoms with Gasteiger partial charge < -0.3 is 10.6 Å². The van der Waals surface area contributed by atoms with Gasteiger partial charge in [-0.3, -0.25) is 4.79 Å². The summed E-state index contributed by atoms with van der Waals surface area (Å²) in [4.78, 5) is 11.6. The van der Waals surface area contributed by atoms with Crippen molar-refractivity contribution in [3.8, 4) is 11.4 Å². The number of aromatic nitrogens is 4. The van der Waals surface area contributed by atoms with Crippen LogP contribution in [-0.4, -0.2) is 38.3 Å². The van der Waals surface area contributed by atoms with Crippen LogP contribution in [-0.2, 0) is 4.79 Å². The molecule has 1 fully saturated rings. The van der Waals surface area contributed by atoms with Crippen molar-refractivity contribution in [3.63, 3.8) is 0 Å². The van der Waals surface area contributed by atoms with E-state index in [9.17, 15) is 9.18 Å². The first kappa shape index (κ1) is 13.6. The van der Waals surface area contributed by atoms with Crippen molar-refractivity contribution in [3.05, 3.63) is 42.2 Å². The van der Waals surface area contributed by atoms with Crippen LogP contribution in [0.25, 0.3) is 17.0 Å². The molecule has 8 heteroatoms. The molecule has 1 atom stereocenters. The van der Waals surface area contributed by atoms with Crippen LogP contribution in [0, 0.1) is 5.82 Å². The number of amides is 1. The summed E-state index contributed by atoms with van der Waals surface area (Å²) in [5, 5.41) is 18.4. The van der Waals surface area contributed by atoms with E-state index in [-0.39, 0.29) is 17.8 Å². The molecule has 1 aromatic carbocycles. The lowest BCUT2D eigenvalue weighted by Gasteiger charge is -2.10. The first-order chi connectivity index (χ1) is 11.2. The zero-order valence-corrected chi connectivity index (χ0v) is 12.0. The van der Waals surface area contributed by atoms with Crippen LogP contribution in [0.2, 0.25) is 0 Å². The second-order valence-corrected chi connectivity index (χ2v) is 5.30. The molecule has 3 aromatic rings. The summed E-state index contributed by atoms with van der Waals surface area (Å²) in [5.74, 6) is 0.591. The van der Waals surface area contributed by atoms with Crippen molar-refractivity contribution >= 4 is 17.4 Å². The highest BCUT2D eigenvalue weighted by Crippen LogP contribution is 2.19. The molecule has 4 rings (SSSR count). The van der Waals surface area contributed by atoms with Gasteiger partial charge in [-0.1, -0.05) is 12.1 Å². The number of carbonyl (C=O) groups is 1. The molecule has 0 aliphatic carbocycles. The minimum Gasteiger partial charge on any atom is -0.357 e. The molecule has 2 N–H and O–H groups in total. The minimum atomic E-state index is -0.351. The summed E-state index contributed by atoms with van der Waals surface area (Å²) < 4.78 is 14.9. The molecule has 0 saturated carbocycles. The lowest BCUT2D eigenvalue weighted by molar-refractivity contribution is -0.119. The lowest BCUT2D eigenvalue weighted by Crippen LogP contribution is -2.30. The van der Waals surface area contributed by atoms with E-state index in [1.165, 1.54) is 16.6 Å². The molecular formula is C15H13FN6O. The molecule has 23 heavy (non-hydrogen) atoms. The number of hydrogen-bond acceptors (Lipinski definition) is 5. The van der Waals surface area contributed by atoms with Gasteiger partial charge in [-0.2, -0.15) is 4.52 Å². The average molecular weight is 312 g/mol. The van der Waals surface area contributed by atoms with Crippen LogP contribution in [0.15, 0.2) is 36.4 Å². The molecular weight excluding hydrogens is 299 g/mol. The highest BCUT2D eigenvalue weighted by Gasteiger charge is 2.24. The third-order valence-electron chi connectivity index (χ3n) is 3.72. The summed E-state index contributed by atoms with van der Waals surface area (Å²) in [6.07, 6.45) is 0.706. The van der Waals surface area contributed by atoms with Crippen LogP contribution in [0.1, 0.15) is 6.42 Å². The van der Waals surface area contributed by atoms with E-state index in [2.05, 4.69) is 25.9 Å². The molecule has 1 amide bonds. The number of rotatable bonds is 3. The second kappa shape index (κ2) is 5.31. The molecule has 0 bridgehead atoms. The molecule has 0 spiro atoms. The molecule has 0 radical (unpaired) electrons. The molecule has 3 heterocycles. The number of nitrogens with one attached hydrogen (secondary N) is 2. The van der Waals surface area contributed by atoms with Crippen LogP contribution < -0.4 is 10.6 Å². The summed E-state index contributed by atoms with van der Waals surface area (Å²) >= 11 is 0.